The van der Waals surface area contributed by atoms with E-state index < -0.39 is 0 Å². The third kappa shape index (κ3) is 3.83. The summed E-state index contributed by atoms with van der Waals surface area (Å²) in [5, 5.41) is 2.64. The smallest absolute Gasteiger partial charge is 0.255 e. The molecule has 1 rings (SSSR count). The maximum Gasteiger partial charge on any atom is 0.255 e. The van der Waals surface area contributed by atoms with Gasteiger partial charge in [-0.15, -0.1) is 0 Å². The van der Waals surface area contributed by atoms with Crippen LogP contribution in [-0.2, 0) is 4.74 Å². The van der Waals surface area contributed by atoms with Gasteiger partial charge in [0.15, 0.2) is 0 Å². The molecule has 0 fully saturated rings. The molecule has 0 radical (unpaired) electrons. The van der Waals surface area contributed by atoms with Gasteiger partial charge in [0.2, 0.25) is 0 Å². The molecule has 0 aliphatic rings. The minimum absolute atomic E-state index is 0.254. The topological polar surface area (TPSA) is 64.4 Å². The predicted molar refractivity (Wildman–Crippen MR) is 72.7 cm³/mol. The number of carbonyl (C=O) groups excluding carboxylic acids is 1. The van der Waals surface area contributed by atoms with Crippen molar-refractivity contribution < 1.29 is 9.53 Å². The molecule has 1 aromatic carbocycles. The summed E-state index contributed by atoms with van der Waals surface area (Å²) in [6, 6.07) is 6.62. The lowest BCUT2D eigenvalue weighted by molar-refractivity contribution is 0.0967. The largest absolute Gasteiger partial charge is 0.497 e. The highest BCUT2D eigenvalue weighted by atomic mass is 16.5. The number of methoxy groups -OCH3 is 1. The fraction of sp³-hybridized carbons (Fsp3) is 0.0714. The van der Waals surface area contributed by atoms with Crippen LogP contribution in [0, 0.1) is 0 Å². The van der Waals surface area contributed by atoms with Crippen LogP contribution in [0.1, 0.15) is 10.4 Å². The van der Waals surface area contributed by atoms with Gasteiger partial charge >= 0.3 is 0 Å². The molecule has 0 aliphatic heterocycles. The molecule has 3 N–H and O–H groups in total. The molecule has 1 amide bonds. The molecule has 0 aromatic heterocycles. The molecule has 94 valence electrons. The molecule has 0 saturated carbocycles. The van der Waals surface area contributed by atoms with Crippen molar-refractivity contribution >= 4 is 11.6 Å². The number of hydrogen-bond donors (Lipinski definition) is 2. The zero-order valence-electron chi connectivity index (χ0n) is 10.3. The zero-order chi connectivity index (χ0) is 13.5. The van der Waals surface area contributed by atoms with E-state index in [2.05, 4.69) is 18.5 Å². The van der Waals surface area contributed by atoms with Gasteiger partial charge in [0.1, 0.15) is 5.76 Å². The number of carbonyl (C=O) groups is 1. The van der Waals surface area contributed by atoms with Crippen LogP contribution in [0.2, 0.25) is 0 Å². The first-order valence-corrected chi connectivity index (χ1v) is 5.30. The number of nitrogens with two attached hydrogens (primary N) is 1. The van der Waals surface area contributed by atoms with Crippen LogP contribution in [0.4, 0.5) is 5.69 Å². The monoisotopic (exact) mass is 244 g/mol. The van der Waals surface area contributed by atoms with E-state index in [4.69, 9.17) is 10.5 Å². The summed E-state index contributed by atoms with van der Waals surface area (Å²) in [7, 11) is 1.52. The van der Waals surface area contributed by atoms with E-state index in [0.717, 1.165) is 0 Å². The predicted octanol–water partition coefficient (Wildman–Crippen LogP) is 2.23. The van der Waals surface area contributed by atoms with Crippen LogP contribution < -0.4 is 11.1 Å². The Kier molecular flexibility index (Phi) is 4.75. The number of rotatable bonds is 5. The van der Waals surface area contributed by atoms with Gasteiger partial charge in [-0.3, -0.25) is 4.79 Å². The van der Waals surface area contributed by atoms with Crippen LogP contribution in [-0.4, -0.2) is 13.0 Å². The first-order chi connectivity index (χ1) is 8.56. The van der Waals surface area contributed by atoms with Crippen molar-refractivity contribution in [2.24, 2.45) is 0 Å². The molecule has 4 heteroatoms. The third-order valence-corrected chi connectivity index (χ3v) is 2.20. The summed E-state index contributed by atoms with van der Waals surface area (Å²) >= 11 is 0. The second-order valence-corrected chi connectivity index (χ2v) is 3.56. The normalized spacial score (nSPS) is 10.6. The number of nitrogens with one attached hydrogen (secondary N) is 1. The lowest BCUT2D eigenvalue weighted by Crippen LogP contribution is -2.21. The van der Waals surface area contributed by atoms with Crippen LogP contribution in [0.3, 0.4) is 0 Å². The molecule has 4 nitrogen and oxygen atoms in total. The van der Waals surface area contributed by atoms with Crippen LogP contribution in [0.25, 0.3) is 0 Å². The number of benzene rings is 1. The van der Waals surface area contributed by atoms with Crippen LogP contribution in [0.15, 0.2) is 61.0 Å². The van der Waals surface area contributed by atoms with Gasteiger partial charge in [0.05, 0.1) is 7.11 Å². The Labute approximate surface area is 106 Å². The zero-order valence-corrected chi connectivity index (χ0v) is 10.3. The van der Waals surface area contributed by atoms with Gasteiger partial charge in [-0.05, 0) is 30.3 Å². The van der Waals surface area contributed by atoms with E-state index in [1.165, 1.54) is 13.2 Å². The van der Waals surface area contributed by atoms with E-state index >= 15 is 0 Å². The Morgan fingerprint density at radius 3 is 2.50 bits per heavy atom. The van der Waals surface area contributed by atoms with E-state index in [0.29, 0.717) is 22.7 Å². The van der Waals surface area contributed by atoms with Crippen molar-refractivity contribution in [3.05, 3.63) is 66.6 Å². The minimum Gasteiger partial charge on any atom is -0.497 e. The molecule has 0 bridgehead atoms. The summed E-state index contributed by atoms with van der Waals surface area (Å²) < 4.78 is 4.99. The Hall–Kier alpha value is -2.49. The SMILES string of the molecule is C=C/C(=C\C(=C)NC(=O)c1ccc(N)cc1)OC. The van der Waals surface area contributed by atoms with Gasteiger partial charge in [0, 0.05) is 23.0 Å². The molecular formula is C14H16N2O2. The summed E-state index contributed by atoms with van der Waals surface area (Å²) in [4.78, 5) is 11.8. The van der Waals surface area contributed by atoms with Crippen molar-refractivity contribution in [3.63, 3.8) is 0 Å². The number of nitrogen functional groups attached to an aromatic ring is 1. The first kappa shape index (κ1) is 13.6. The average Bonchev–Trinajstić information content (AvgIpc) is 2.36. The molecule has 0 unspecified atom stereocenters. The van der Waals surface area contributed by atoms with Crippen LogP contribution >= 0.6 is 0 Å². The van der Waals surface area contributed by atoms with E-state index in [9.17, 15) is 4.79 Å². The standard InChI is InChI=1S/C14H16N2O2/c1-4-13(18-3)9-10(2)16-14(17)11-5-7-12(15)8-6-11/h4-9H,1-2,15H2,3H3,(H,16,17)/b13-9+. The van der Waals surface area contributed by atoms with E-state index in [1.54, 1.807) is 30.3 Å². The average molecular weight is 244 g/mol. The lowest BCUT2D eigenvalue weighted by atomic mass is 10.2. The number of amides is 1. The fourth-order valence-corrected chi connectivity index (χ4v) is 1.26. The molecule has 0 spiro atoms. The van der Waals surface area contributed by atoms with Gasteiger partial charge in [-0.1, -0.05) is 13.2 Å². The maximum atomic E-state index is 11.8. The summed E-state index contributed by atoms with van der Waals surface area (Å²) in [6.45, 7) is 7.28. The Morgan fingerprint density at radius 2 is 2.00 bits per heavy atom. The minimum atomic E-state index is -0.254. The van der Waals surface area contributed by atoms with Crippen molar-refractivity contribution in [1.82, 2.24) is 5.32 Å². The quantitative estimate of drug-likeness (QED) is 0.474. The van der Waals surface area contributed by atoms with E-state index in [-0.39, 0.29) is 5.91 Å². The highest BCUT2D eigenvalue weighted by molar-refractivity contribution is 5.95. The Bertz CT molecular complexity index is 487. The number of anilines is 1. The fourth-order valence-electron chi connectivity index (χ4n) is 1.26. The van der Waals surface area contributed by atoms with Gasteiger partial charge in [0.25, 0.3) is 5.91 Å². The summed E-state index contributed by atoms with van der Waals surface area (Å²) in [6.07, 6.45) is 3.11. The second-order valence-electron chi connectivity index (χ2n) is 3.56. The van der Waals surface area contributed by atoms with Crippen molar-refractivity contribution in [3.8, 4) is 0 Å². The number of ether oxygens (including phenoxy) is 1. The van der Waals surface area contributed by atoms with Crippen molar-refractivity contribution in [2.75, 3.05) is 12.8 Å². The molecule has 0 atom stereocenters. The third-order valence-electron chi connectivity index (χ3n) is 2.20. The number of allylic oxidation sites excluding steroid dienone is 2. The summed E-state index contributed by atoms with van der Waals surface area (Å²) in [5.74, 6) is 0.272. The van der Waals surface area contributed by atoms with Crippen molar-refractivity contribution in [1.29, 1.82) is 0 Å². The molecule has 0 heterocycles. The maximum absolute atomic E-state index is 11.8. The number of hydrogen-bond acceptors (Lipinski definition) is 3. The molecule has 18 heavy (non-hydrogen) atoms. The highest BCUT2D eigenvalue weighted by Gasteiger charge is 2.05. The molecule has 1 aromatic rings. The Balaban J connectivity index is 2.71. The van der Waals surface area contributed by atoms with Gasteiger partial charge in [-0.25, -0.2) is 0 Å². The second kappa shape index (κ2) is 6.30. The van der Waals surface area contributed by atoms with Gasteiger partial charge < -0.3 is 15.8 Å². The molecule has 0 saturated heterocycles. The molecule has 0 aliphatic carbocycles. The van der Waals surface area contributed by atoms with Gasteiger partial charge in [-0.2, -0.15) is 0 Å². The summed E-state index contributed by atoms with van der Waals surface area (Å²) in [5.41, 5.74) is 7.09. The lowest BCUT2D eigenvalue weighted by Gasteiger charge is -2.06. The van der Waals surface area contributed by atoms with Crippen LogP contribution in [0.5, 0.6) is 0 Å². The Morgan fingerprint density at radius 1 is 1.39 bits per heavy atom. The van der Waals surface area contributed by atoms with E-state index in [1.807, 2.05) is 0 Å². The van der Waals surface area contributed by atoms with Crippen molar-refractivity contribution in [2.45, 2.75) is 0 Å². The first-order valence-electron chi connectivity index (χ1n) is 5.30. The highest BCUT2D eigenvalue weighted by Crippen LogP contribution is 2.07. The molecular weight excluding hydrogens is 228 g/mol.